The fourth-order valence-corrected chi connectivity index (χ4v) is 2.77. The first kappa shape index (κ1) is 16.9. The molecule has 20 heavy (non-hydrogen) atoms. The lowest BCUT2D eigenvalue weighted by atomic mass is 10.3. The third kappa shape index (κ3) is 5.44. The lowest BCUT2D eigenvalue weighted by Crippen LogP contribution is -3.06. The summed E-state index contributed by atoms with van der Waals surface area (Å²) < 4.78 is 5.01. The van der Waals surface area contributed by atoms with Gasteiger partial charge < -0.3 is 20.3 Å². The first-order valence-electron chi connectivity index (χ1n) is 6.55. The van der Waals surface area contributed by atoms with Crippen molar-refractivity contribution in [3.8, 4) is 0 Å². The summed E-state index contributed by atoms with van der Waals surface area (Å²) in [6.45, 7) is 5.86. The third-order valence-corrected chi connectivity index (χ3v) is 3.90. The Morgan fingerprint density at radius 3 is 2.80 bits per heavy atom. The normalized spacial score (nSPS) is 10.4. The van der Waals surface area contributed by atoms with E-state index in [0.29, 0.717) is 16.6 Å². The number of thiocarbonyl (C=S) groups is 1. The second-order valence-corrected chi connectivity index (χ2v) is 6.14. The second-order valence-electron chi connectivity index (χ2n) is 4.68. The number of quaternary nitrogens is 1. The summed E-state index contributed by atoms with van der Waals surface area (Å²) in [5.41, 5.74) is 0.900. The number of nitrogens with one attached hydrogen (secondary N) is 3. The van der Waals surface area contributed by atoms with Crippen LogP contribution in [0.3, 0.4) is 0 Å². The molecule has 0 aromatic carbocycles. The van der Waals surface area contributed by atoms with E-state index in [9.17, 15) is 4.79 Å². The molecular weight excluding hydrogens is 294 g/mol. The van der Waals surface area contributed by atoms with Gasteiger partial charge in [0.25, 0.3) is 0 Å². The molecular formula is C13H22N3O2S2+. The number of likely N-dealkylation sites (N-methyl/N-ethyl adjacent to an activating group) is 1. The molecule has 0 atom stereocenters. The maximum Gasteiger partial charge on any atom is 0.348 e. The van der Waals surface area contributed by atoms with Crippen molar-refractivity contribution in [1.82, 2.24) is 5.32 Å². The molecule has 0 bridgehead atoms. The highest BCUT2D eigenvalue weighted by Crippen LogP contribution is 2.27. The Kier molecular flexibility index (Phi) is 6.90. The van der Waals surface area contributed by atoms with Gasteiger partial charge in [-0.25, -0.2) is 4.79 Å². The molecule has 0 aliphatic carbocycles. The Morgan fingerprint density at radius 1 is 1.50 bits per heavy atom. The van der Waals surface area contributed by atoms with Gasteiger partial charge in [-0.2, -0.15) is 0 Å². The largest absolute Gasteiger partial charge is 0.462 e. The standard InChI is InChI=1S/C13H21N3O2S2/c1-5-18-12(17)11-9(2)8-10(20-11)15-13(19)14-6-7-16(3)4/h8H,5-7H2,1-4H3,(H2,14,15,19)/p+1. The highest BCUT2D eigenvalue weighted by atomic mass is 32.1. The second kappa shape index (κ2) is 8.18. The minimum absolute atomic E-state index is 0.280. The topological polar surface area (TPSA) is 54.8 Å². The van der Waals surface area contributed by atoms with Gasteiger partial charge in [0.15, 0.2) is 5.11 Å². The number of rotatable bonds is 6. The average Bonchev–Trinajstić information content (AvgIpc) is 2.70. The summed E-state index contributed by atoms with van der Waals surface area (Å²) in [7, 11) is 4.18. The van der Waals surface area contributed by atoms with Crippen LogP contribution in [0.15, 0.2) is 6.07 Å². The molecule has 0 fully saturated rings. The molecule has 112 valence electrons. The van der Waals surface area contributed by atoms with Crippen LogP contribution in [0.1, 0.15) is 22.2 Å². The van der Waals surface area contributed by atoms with Crippen LogP contribution in [0, 0.1) is 6.92 Å². The summed E-state index contributed by atoms with van der Waals surface area (Å²) in [5.74, 6) is -0.280. The Bertz CT molecular complexity index is 472. The quantitative estimate of drug-likeness (QED) is 0.532. The molecule has 7 heteroatoms. The van der Waals surface area contributed by atoms with Crippen LogP contribution in [-0.2, 0) is 4.74 Å². The van der Waals surface area contributed by atoms with E-state index < -0.39 is 0 Å². The summed E-state index contributed by atoms with van der Waals surface area (Å²) in [6, 6.07) is 1.90. The molecule has 0 radical (unpaired) electrons. The maximum absolute atomic E-state index is 11.7. The average molecular weight is 316 g/mol. The van der Waals surface area contributed by atoms with Gasteiger partial charge in [0, 0.05) is 0 Å². The van der Waals surface area contributed by atoms with E-state index in [0.717, 1.165) is 23.7 Å². The summed E-state index contributed by atoms with van der Waals surface area (Å²) in [4.78, 5) is 13.7. The number of carbonyl (C=O) groups excluding carboxylic acids is 1. The Labute approximate surface area is 129 Å². The molecule has 0 spiro atoms. The van der Waals surface area contributed by atoms with Crippen LogP contribution in [0.25, 0.3) is 0 Å². The van der Waals surface area contributed by atoms with Crippen LogP contribution < -0.4 is 15.5 Å². The summed E-state index contributed by atoms with van der Waals surface area (Å²) in [6.07, 6.45) is 0. The molecule has 1 heterocycles. The number of aryl methyl sites for hydroxylation is 1. The predicted molar refractivity (Wildman–Crippen MR) is 86.9 cm³/mol. The molecule has 5 nitrogen and oxygen atoms in total. The molecule has 0 unspecified atom stereocenters. The number of anilines is 1. The van der Waals surface area contributed by atoms with Gasteiger partial charge in [-0.3, -0.25) is 0 Å². The van der Waals surface area contributed by atoms with Crippen LogP contribution >= 0.6 is 23.6 Å². The fourth-order valence-electron chi connectivity index (χ4n) is 1.53. The molecule has 0 saturated carbocycles. The highest BCUT2D eigenvalue weighted by Gasteiger charge is 2.15. The van der Waals surface area contributed by atoms with Crippen molar-refractivity contribution in [3.63, 3.8) is 0 Å². The van der Waals surface area contributed by atoms with Gasteiger partial charge in [0.1, 0.15) is 4.88 Å². The van der Waals surface area contributed by atoms with Crippen molar-refractivity contribution in [2.75, 3.05) is 39.1 Å². The smallest absolute Gasteiger partial charge is 0.348 e. The Balaban J connectivity index is 2.54. The number of carbonyl (C=O) groups is 1. The van der Waals surface area contributed by atoms with E-state index in [1.807, 2.05) is 13.0 Å². The SMILES string of the molecule is CCOC(=O)c1sc(NC(=S)NCC[NH+](C)C)cc1C. The molecule has 0 amide bonds. The van der Waals surface area contributed by atoms with E-state index in [2.05, 4.69) is 24.7 Å². The van der Waals surface area contributed by atoms with Crippen molar-refractivity contribution in [2.24, 2.45) is 0 Å². The first-order chi connectivity index (χ1) is 9.43. The summed E-state index contributed by atoms with van der Waals surface area (Å²) >= 11 is 6.57. The van der Waals surface area contributed by atoms with E-state index in [-0.39, 0.29) is 5.97 Å². The number of ether oxygens (including phenoxy) is 1. The zero-order valence-corrected chi connectivity index (χ0v) is 14.0. The van der Waals surface area contributed by atoms with Gasteiger partial charge in [-0.1, -0.05) is 0 Å². The lowest BCUT2D eigenvalue weighted by molar-refractivity contribution is -0.856. The molecule has 0 aliphatic rings. The van der Waals surface area contributed by atoms with Crippen LogP contribution in [0.4, 0.5) is 5.00 Å². The van der Waals surface area contributed by atoms with Crippen LogP contribution in [0.2, 0.25) is 0 Å². The van der Waals surface area contributed by atoms with Gasteiger partial charge in [0.05, 0.1) is 38.8 Å². The van der Waals surface area contributed by atoms with Crippen molar-refractivity contribution < 1.29 is 14.4 Å². The molecule has 3 N–H and O–H groups in total. The van der Waals surface area contributed by atoms with Crippen LogP contribution in [-0.4, -0.2) is 44.9 Å². The number of esters is 1. The molecule has 1 aromatic rings. The van der Waals surface area contributed by atoms with Gasteiger partial charge in [-0.15, -0.1) is 11.3 Å². The molecule has 1 rings (SSSR count). The number of hydrogen-bond donors (Lipinski definition) is 3. The van der Waals surface area contributed by atoms with Crippen LogP contribution in [0.5, 0.6) is 0 Å². The van der Waals surface area contributed by atoms with Crippen molar-refractivity contribution >= 4 is 39.6 Å². The van der Waals surface area contributed by atoms with Gasteiger partial charge in [-0.05, 0) is 37.7 Å². The third-order valence-electron chi connectivity index (χ3n) is 2.53. The monoisotopic (exact) mass is 316 g/mol. The number of thiophene rings is 1. The van der Waals surface area contributed by atoms with E-state index >= 15 is 0 Å². The van der Waals surface area contributed by atoms with Crippen molar-refractivity contribution in [1.29, 1.82) is 0 Å². The molecule has 0 aliphatic heterocycles. The van der Waals surface area contributed by atoms with E-state index in [4.69, 9.17) is 17.0 Å². The van der Waals surface area contributed by atoms with Crippen molar-refractivity contribution in [3.05, 3.63) is 16.5 Å². The first-order valence-corrected chi connectivity index (χ1v) is 7.78. The predicted octanol–water partition coefficient (Wildman–Crippen LogP) is 0.664. The molecule has 0 saturated heterocycles. The van der Waals surface area contributed by atoms with E-state index in [1.54, 1.807) is 6.92 Å². The minimum Gasteiger partial charge on any atom is -0.462 e. The fraction of sp³-hybridized carbons (Fsp3) is 0.538. The maximum atomic E-state index is 11.7. The lowest BCUT2D eigenvalue weighted by Gasteiger charge is -2.10. The zero-order valence-electron chi connectivity index (χ0n) is 12.3. The Hall–Kier alpha value is -1.18. The van der Waals surface area contributed by atoms with Gasteiger partial charge >= 0.3 is 5.97 Å². The zero-order chi connectivity index (χ0) is 15.1. The molecule has 1 aromatic heterocycles. The summed E-state index contributed by atoms with van der Waals surface area (Å²) in [5, 5.41) is 7.65. The van der Waals surface area contributed by atoms with E-state index in [1.165, 1.54) is 16.2 Å². The van der Waals surface area contributed by atoms with Crippen molar-refractivity contribution in [2.45, 2.75) is 13.8 Å². The Morgan fingerprint density at radius 2 is 2.20 bits per heavy atom. The highest BCUT2D eigenvalue weighted by molar-refractivity contribution is 7.80. The number of hydrogen-bond acceptors (Lipinski definition) is 4. The van der Waals surface area contributed by atoms with Gasteiger partial charge in [0.2, 0.25) is 0 Å². The minimum atomic E-state index is -0.280.